The maximum Gasteiger partial charge on any atom is 0.219 e. The van der Waals surface area contributed by atoms with E-state index in [0.717, 1.165) is 5.69 Å². The molecule has 2 aromatic carbocycles. The van der Waals surface area contributed by atoms with Gasteiger partial charge in [0.1, 0.15) is 0 Å². The Labute approximate surface area is 119 Å². The quantitative estimate of drug-likeness (QED) is 0.322. The zero-order valence-corrected chi connectivity index (χ0v) is 11.0. The third-order valence-electron chi connectivity index (χ3n) is 3.14. The van der Waals surface area contributed by atoms with Crippen LogP contribution < -0.4 is 11.2 Å². The average molecular weight is 280 g/mol. The van der Waals surface area contributed by atoms with Crippen molar-refractivity contribution in [1.82, 2.24) is 9.78 Å². The smallest absolute Gasteiger partial charge is 0.219 e. The lowest BCUT2D eigenvalue weighted by molar-refractivity contribution is 0.318. The number of nitrogens with zero attached hydrogens (tertiary/aromatic N) is 3. The number of hydrogen-bond donors (Lipinski definition) is 2. The normalized spacial score (nSPS) is 11.7. The van der Waals surface area contributed by atoms with E-state index in [-0.39, 0.29) is 17.0 Å². The van der Waals surface area contributed by atoms with Gasteiger partial charge < -0.3 is 10.9 Å². The van der Waals surface area contributed by atoms with Crippen LogP contribution in [0, 0.1) is 0 Å². The first-order valence-corrected chi connectivity index (χ1v) is 6.28. The second-order valence-corrected chi connectivity index (χ2v) is 4.43. The van der Waals surface area contributed by atoms with Crippen LogP contribution in [0.2, 0.25) is 0 Å². The number of fused-ring (bicyclic) bond motifs is 1. The molecule has 0 amide bonds. The highest BCUT2D eigenvalue weighted by atomic mass is 16.4. The lowest BCUT2D eigenvalue weighted by Crippen LogP contribution is -2.27. The van der Waals surface area contributed by atoms with Crippen LogP contribution in [-0.2, 0) is 0 Å². The molecule has 3 aromatic rings. The molecule has 6 nitrogen and oxygen atoms in total. The first-order chi connectivity index (χ1) is 10.2. The van der Waals surface area contributed by atoms with Crippen molar-refractivity contribution in [2.24, 2.45) is 10.9 Å². The zero-order chi connectivity index (χ0) is 14.8. The molecule has 0 aliphatic rings. The number of aromatic nitrogens is 2. The number of oxime groups is 1. The molecule has 3 N–H and O–H groups in total. The fourth-order valence-corrected chi connectivity index (χ4v) is 2.16. The summed E-state index contributed by atoms with van der Waals surface area (Å²) >= 11 is 0. The number of benzene rings is 2. The molecule has 0 spiro atoms. The summed E-state index contributed by atoms with van der Waals surface area (Å²) in [5.41, 5.74) is 6.54. The van der Waals surface area contributed by atoms with Crippen LogP contribution in [0.4, 0.5) is 0 Å². The maximum absolute atomic E-state index is 12.4. The van der Waals surface area contributed by atoms with Crippen molar-refractivity contribution in [3.63, 3.8) is 0 Å². The molecule has 6 heteroatoms. The molecule has 0 bridgehead atoms. The van der Waals surface area contributed by atoms with Gasteiger partial charge in [-0.3, -0.25) is 4.79 Å². The fourth-order valence-electron chi connectivity index (χ4n) is 2.16. The topological polar surface area (TPSA) is 93.5 Å². The summed E-state index contributed by atoms with van der Waals surface area (Å²) in [7, 11) is 0. The first-order valence-electron chi connectivity index (χ1n) is 6.28. The Bertz CT molecular complexity index is 885. The number of nitrogens with two attached hydrogens (primary N) is 1. The van der Waals surface area contributed by atoms with E-state index in [1.54, 1.807) is 22.9 Å². The Balaban J connectivity index is 2.44. The van der Waals surface area contributed by atoms with E-state index >= 15 is 0 Å². The lowest BCUT2D eigenvalue weighted by atomic mass is 10.2. The van der Waals surface area contributed by atoms with Gasteiger partial charge in [0.2, 0.25) is 5.43 Å². The molecule has 3 rings (SSSR count). The van der Waals surface area contributed by atoms with Crippen molar-refractivity contribution >= 4 is 16.7 Å². The number of hydrogen-bond acceptors (Lipinski definition) is 4. The molecule has 0 fully saturated rings. The van der Waals surface area contributed by atoms with Crippen LogP contribution in [0.3, 0.4) is 0 Å². The Morgan fingerprint density at radius 1 is 1.10 bits per heavy atom. The van der Waals surface area contributed by atoms with Gasteiger partial charge in [0.15, 0.2) is 11.5 Å². The predicted molar refractivity (Wildman–Crippen MR) is 79.9 cm³/mol. The zero-order valence-electron chi connectivity index (χ0n) is 11.0. The molecule has 0 atom stereocenters. The fraction of sp³-hybridized carbons (Fsp3) is 0. The molecule has 0 unspecified atom stereocenters. The summed E-state index contributed by atoms with van der Waals surface area (Å²) in [6.07, 6.45) is 0. The molecule has 0 aliphatic heterocycles. The molecule has 1 aromatic heterocycles. The van der Waals surface area contributed by atoms with Crippen molar-refractivity contribution in [2.75, 3.05) is 0 Å². The molecule has 0 saturated heterocycles. The summed E-state index contributed by atoms with van der Waals surface area (Å²) in [4.78, 5) is 12.4. The maximum atomic E-state index is 12.4. The van der Waals surface area contributed by atoms with E-state index in [9.17, 15) is 4.79 Å². The van der Waals surface area contributed by atoms with Gasteiger partial charge in [-0.2, -0.15) is 5.10 Å². The highest BCUT2D eigenvalue weighted by molar-refractivity contribution is 5.97. The van der Waals surface area contributed by atoms with Gasteiger partial charge >= 0.3 is 0 Å². The third-order valence-corrected chi connectivity index (χ3v) is 3.14. The molecule has 0 radical (unpaired) electrons. The van der Waals surface area contributed by atoms with Gasteiger partial charge in [-0.15, -0.1) is 0 Å². The SMILES string of the molecule is N/C(=N\O)c1nn(-c2ccccc2)c2ccccc2c1=O. The van der Waals surface area contributed by atoms with Crippen LogP contribution >= 0.6 is 0 Å². The van der Waals surface area contributed by atoms with Crippen molar-refractivity contribution in [2.45, 2.75) is 0 Å². The average Bonchev–Trinajstić information content (AvgIpc) is 2.55. The molecule has 1 heterocycles. The van der Waals surface area contributed by atoms with Crippen LogP contribution in [0.1, 0.15) is 5.69 Å². The van der Waals surface area contributed by atoms with E-state index in [0.29, 0.717) is 10.9 Å². The Morgan fingerprint density at radius 3 is 2.48 bits per heavy atom. The van der Waals surface area contributed by atoms with Gasteiger partial charge in [-0.25, -0.2) is 4.68 Å². The summed E-state index contributed by atoms with van der Waals surface area (Å²) in [6, 6.07) is 16.4. The highest BCUT2D eigenvalue weighted by Gasteiger charge is 2.14. The molecule has 0 aliphatic carbocycles. The van der Waals surface area contributed by atoms with E-state index < -0.39 is 0 Å². The van der Waals surface area contributed by atoms with Crippen molar-refractivity contribution < 1.29 is 5.21 Å². The van der Waals surface area contributed by atoms with Gasteiger partial charge in [-0.05, 0) is 24.3 Å². The van der Waals surface area contributed by atoms with Crippen molar-refractivity contribution in [1.29, 1.82) is 0 Å². The first kappa shape index (κ1) is 12.9. The van der Waals surface area contributed by atoms with Gasteiger partial charge in [-0.1, -0.05) is 35.5 Å². The van der Waals surface area contributed by atoms with E-state index in [1.165, 1.54) is 0 Å². The Hall–Kier alpha value is -3.15. The van der Waals surface area contributed by atoms with Crippen molar-refractivity contribution in [3.8, 4) is 5.69 Å². The standard InChI is InChI=1S/C15H12N4O2/c16-15(18-21)13-14(20)11-8-4-5-9-12(11)19(17-13)10-6-2-1-3-7-10/h1-9,21H,(H2,16,18). The monoisotopic (exact) mass is 280 g/mol. The predicted octanol–water partition coefficient (Wildman–Crippen LogP) is 1.48. The van der Waals surface area contributed by atoms with Crippen LogP contribution in [0.25, 0.3) is 16.6 Å². The van der Waals surface area contributed by atoms with E-state index in [4.69, 9.17) is 10.9 Å². The summed E-state index contributed by atoms with van der Waals surface area (Å²) < 4.78 is 1.60. The Kier molecular flexibility index (Phi) is 3.12. The van der Waals surface area contributed by atoms with Crippen molar-refractivity contribution in [3.05, 3.63) is 70.5 Å². The minimum atomic E-state index is -0.368. The minimum Gasteiger partial charge on any atom is -0.409 e. The molecule has 21 heavy (non-hydrogen) atoms. The molecule has 104 valence electrons. The van der Waals surface area contributed by atoms with Crippen LogP contribution in [0.15, 0.2) is 64.5 Å². The van der Waals surface area contributed by atoms with Crippen LogP contribution in [0.5, 0.6) is 0 Å². The highest BCUT2D eigenvalue weighted by Crippen LogP contribution is 2.15. The van der Waals surface area contributed by atoms with Gasteiger partial charge in [0, 0.05) is 0 Å². The van der Waals surface area contributed by atoms with Crippen LogP contribution in [-0.4, -0.2) is 20.8 Å². The van der Waals surface area contributed by atoms with Gasteiger partial charge in [0.25, 0.3) is 0 Å². The summed E-state index contributed by atoms with van der Waals surface area (Å²) in [5.74, 6) is -0.310. The number of para-hydroxylation sites is 2. The summed E-state index contributed by atoms with van der Waals surface area (Å²) in [6.45, 7) is 0. The third kappa shape index (κ3) is 2.12. The largest absolute Gasteiger partial charge is 0.409 e. The summed E-state index contributed by atoms with van der Waals surface area (Å²) in [5, 5.41) is 16.4. The number of rotatable bonds is 2. The van der Waals surface area contributed by atoms with E-state index in [2.05, 4.69) is 10.3 Å². The number of amidine groups is 1. The molecular formula is C15H12N4O2. The lowest BCUT2D eigenvalue weighted by Gasteiger charge is -2.11. The van der Waals surface area contributed by atoms with E-state index in [1.807, 2.05) is 36.4 Å². The van der Waals surface area contributed by atoms with Gasteiger partial charge in [0.05, 0.1) is 16.6 Å². The molecule has 0 saturated carbocycles. The second-order valence-electron chi connectivity index (χ2n) is 4.43. The molecular weight excluding hydrogens is 268 g/mol. The minimum absolute atomic E-state index is 0.0833. The Morgan fingerprint density at radius 2 is 1.76 bits per heavy atom. The second kappa shape index (κ2) is 5.09.